The summed E-state index contributed by atoms with van der Waals surface area (Å²) in [5, 5.41) is 12.7. The molecule has 1 atom stereocenters. The molecule has 1 aromatic carbocycles. The van der Waals surface area contributed by atoms with E-state index in [1.54, 1.807) is 12.1 Å². The normalized spacial score (nSPS) is 21.2. The SMILES string of the molecule is CC1(C)CC1CNc1ccc(C#N)cc1Cl. The van der Waals surface area contributed by atoms with E-state index in [-0.39, 0.29) is 0 Å². The van der Waals surface area contributed by atoms with Crippen LogP contribution in [0.1, 0.15) is 25.8 Å². The van der Waals surface area contributed by atoms with Gasteiger partial charge in [-0.05, 0) is 36.0 Å². The lowest BCUT2D eigenvalue weighted by Crippen LogP contribution is -2.07. The van der Waals surface area contributed by atoms with Crippen LogP contribution in [0, 0.1) is 22.7 Å². The summed E-state index contributed by atoms with van der Waals surface area (Å²) in [6, 6.07) is 7.42. The Morgan fingerprint density at radius 1 is 1.56 bits per heavy atom. The van der Waals surface area contributed by atoms with Crippen LogP contribution in [0.5, 0.6) is 0 Å². The zero-order valence-corrected chi connectivity index (χ0v) is 10.3. The highest BCUT2D eigenvalue weighted by molar-refractivity contribution is 6.33. The van der Waals surface area contributed by atoms with E-state index in [9.17, 15) is 0 Å². The Balaban J connectivity index is 1.98. The van der Waals surface area contributed by atoms with Crippen molar-refractivity contribution >= 4 is 17.3 Å². The number of halogens is 1. The van der Waals surface area contributed by atoms with Crippen molar-refractivity contribution in [2.45, 2.75) is 20.3 Å². The minimum Gasteiger partial charge on any atom is -0.384 e. The average Bonchev–Trinajstić information content (AvgIpc) is 2.84. The summed E-state index contributed by atoms with van der Waals surface area (Å²) in [5.41, 5.74) is 2.00. The van der Waals surface area contributed by atoms with Gasteiger partial charge in [0.1, 0.15) is 0 Å². The highest BCUT2D eigenvalue weighted by atomic mass is 35.5. The molecule has 3 heteroatoms. The summed E-state index contributed by atoms with van der Waals surface area (Å²) in [6.07, 6.45) is 1.27. The monoisotopic (exact) mass is 234 g/mol. The van der Waals surface area contributed by atoms with Crippen LogP contribution in [-0.4, -0.2) is 6.54 Å². The molecule has 2 rings (SSSR count). The van der Waals surface area contributed by atoms with Gasteiger partial charge in [-0.15, -0.1) is 0 Å². The molecule has 1 aromatic rings. The third-order valence-electron chi connectivity index (χ3n) is 3.35. The minimum atomic E-state index is 0.478. The van der Waals surface area contributed by atoms with Gasteiger partial charge in [-0.1, -0.05) is 25.4 Å². The van der Waals surface area contributed by atoms with Gasteiger partial charge in [0.05, 0.1) is 22.3 Å². The van der Waals surface area contributed by atoms with Gasteiger partial charge in [-0.2, -0.15) is 5.26 Å². The Bertz CT molecular complexity index is 446. The predicted molar refractivity (Wildman–Crippen MR) is 66.5 cm³/mol. The van der Waals surface area contributed by atoms with Crippen LogP contribution in [0.2, 0.25) is 5.02 Å². The molecular formula is C13H15ClN2. The summed E-state index contributed by atoms with van der Waals surface area (Å²) in [4.78, 5) is 0. The fourth-order valence-corrected chi connectivity index (χ4v) is 2.13. The van der Waals surface area contributed by atoms with Crippen molar-refractivity contribution in [3.8, 4) is 6.07 Å². The molecular weight excluding hydrogens is 220 g/mol. The summed E-state index contributed by atoms with van der Waals surface area (Å²) < 4.78 is 0. The van der Waals surface area contributed by atoms with Crippen LogP contribution >= 0.6 is 11.6 Å². The van der Waals surface area contributed by atoms with Gasteiger partial charge < -0.3 is 5.32 Å². The highest BCUT2D eigenvalue weighted by Gasteiger charge is 2.44. The predicted octanol–water partition coefficient (Wildman–Crippen LogP) is 3.67. The van der Waals surface area contributed by atoms with E-state index in [2.05, 4.69) is 25.2 Å². The Morgan fingerprint density at radius 3 is 2.75 bits per heavy atom. The highest BCUT2D eigenvalue weighted by Crippen LogP contribution is 2.51. The Labute approximate surface area is 101 Å². The molecule has 0 radical (unpaired) electrons. The largest absolute Gasteiger partial charge is 0.384 e. The molecule has 0 spiro atoms. The minimum absolute atomic E-state index is 0.478. The first-order chi connectivity index (χ1) is 7.53. The van der Waals surface area contributed by atoms with Gasteiger partial charge in [0.15, 0.2) is 0 Å². The second kappa shape index (κ2) is 3.99. The first-order valence-electron chi connectivity index (χ1n) is 5.46. The maximum absolute atomic E-state index is 8.72. The van der Waals surface area contributed by atoms with Gasteiger partial charge in [0.25, 0.3) is 0 Å². The topological polar surface area (TPSA) is 35.8 Å². The zero-order chi connectivity index (χ0) is 11.8. The van der Waals surface area contributed by atoms with Crippen molar-refractivity contribution in [3.63, 3.8) is 0 Å². The number of anilines is 1. The third kappa shape index (κ3) is 2.31. The maximum Gasteiger partial charge on any atom is 0.0992 e. The van der Waals surface area contributed by atoms with E-state index < -0.39 is 0 Å². The average molecular weight is 235 g/mol. The van der Waals surface area contributed by atoms with Crippen LogP contribution in [0.3, 0.4) is 0 Å². The summed E-state index contributed by atoms with van der Waals surface area (Å²) >= 11 is 6.07. The number of nitrogens with zero attached hydrogens (tertiary/aromatic N) is 1. The van der Waals surface area contributed by atoms with Crippen molar-refractivity contribution in [2.24, 2.45) is 11.3 Å². The zero-order valence-electron chi connectivity index (χ0n) is 9.55. The van der Waals surface area contributed by atoms with Crippen molar-refractivity contribution in [1.82, 2.24) is 0 Å². The lowest BCUT2D eigenvalue weighted by atomic mass is 10.1. The standard InChI is InChI=1S/C13H15ClN2/c1-13(2)6-10(13)8-16-12-4-3-9(7-15)5-11(12)14/h3-5,10,16H,6,8H2,1-2H3. The van der Waals surface area contributed by atoms with E-state index in [0.717, 1.165) is 18.2 Å². The number of hydrogen-bond donors (Lipinski definition) is 1. The lowest BCUT2D eigenvalue weighted by molar-refractivity contribution is 0.573. The van der Waals surface area contributed by atoms with E-state index in [1.165, 1.54) is 6.42 Å². The fraction of sp³-hybridized carbons (Fsp3) is 0.462. The van der Waals surface area contributed by atoms with Gasteiger partial charge in [0.2, 0.25) is 0 Å². The Morgan fingerprint density at radius 2 is 2.25 bits per heavy atom. The molecule has 0 aromatic heterocycles. The van der Waals surface area contributed by atoms with Crippen LogP contribution in [0.25, 0.3) is 0 Å². The molecule has 1 saturated carbocycles. The van der Waals surface area contributed by atoms with Crippen molar-refractivity contribution in [1.29, 1.82) is 5.26 Å². The second-order valence-electron chi connectivity index (χ2n) is 5.08. The maximum atomic E-state index is 8.72. The molecule has 2 nitrogen and oxygen atoms in total. The smallest absolute Gasteiger partial charge is 0.0992 e. The Hall–Kier alpha value is -1.20. The Kier molecular flexibility index (Phi) is 2.82. The van der Waals surface area contributed by atoms with E-state index in [0.29, 0.717) is 16.0 Å². The molecule has 1 unspecified atom stereocenters. The molecule has 0 amide bonds. The lowest BCUT2D eigenvalue weighted by Gasteiger charge is -2.09. The van der Waals surface area contributed by atoms with Crippen molar-refractivity contribution < 1.29 is 0 Å². The van der Waals surface area contributed by atoms with Gasteiger partial charge in [0, 0.05) is 6.54 Å². The van der Waals surface area contributed by atoms with Crippen molar-refractivity contribution in [3.05, 3.63) is 28.8 Å². The molecule has 0 saturated heterocycles. The van der Waals surface area contributed by atoms with Crippen LogP contribution < -0.4 is 5.32 Å². The molecule has 1 fully saturated rings. The van der Waals surface area contributed by atoms with Crippen LogP contribution in [-0.2, 0) is 0 Å². The van der Waals surface area contributed by atoms with Gasteiger partial charge in [-0.3, -0.25) is 0 Å². The molecule has 1 aliphatic rings. The third-order valence-corrected chi connectivity index (χ3v) is 3.67. The van der Waals surface area contributed by atoms with Crippen LogP contribution in [0.4, 0.5) is 5.69 Å². The molecule has 0 bridgehead atoms. The number of hydrogen-bond acceptors (Lipinski definition) is 2. The van der Waals surface area contributed by atoms with E-state index in [1.807, 2.05) is 6.07 Å². The van der Waals surface area contributed by atoms with Crippen molar-refractivity contribution in [2.75, 3.05) is 11.9 Å². The first-order valence-corrected chi connectivity index (χ1v) is 5.84. The fourth-order valence-electron chi connectivity index (χ4n) is 1.89. The number of nitriles is 1. The van der Waals surface area contributed by atoms with Gasteiger partial charge in [-0.25, -0.2) is 0 Å². The summed E-state index contributed by atoms with van der Waals surface area (Å²) in [7, 11) is 0. The van der Waals surface area contributed by atoms with E-state index in [4.69, 9.17) is 16.9 Å². The number of nitrogens with one attached hydrogen (secondary N) is 1. The van der Waals surface area contributed by atoms with Crippen LogP contribution in [0.15, 0.2) is 18.2 Å². The quantitative estimate of drug-likeness (QED) is 0.866. The van der Waals surface area contributed by atoms with Gasteiger partial charge >= 0.3 is 0 Å². The molecule has 84 valence electrons. The summed E-state index contributed by atoms with van der Waals surface area (Å²) in [6.45, 7) is 5.51. The number of rotatable bonds is 3. The molecule has 1 N–H and O–H groups in total. The molecule has 0 heterocycles. The molecule has 0 aliphatic heterocycles. The second-order valence-corrected chi connectivity index (χ2v) is 5.48. The molecule has 16 heavy (non-hydrogen) atoms. The van der Waals surface area contributed by atoms with E-state index >= 15 is 0 Å². The first kappa shape index (κ1) is 11.3. The summed E-state index contributed by atoms with van der Waals surface area (Å²) in [5.74, 6) is 0.735. The number of benzene rings is 1. The molecule has 1 aliphatic carbocycles.